The summed E-state index contributed by atoms with van der Waals surface area (Å²) in [5.41, 5.74) is 8.06. The van der Waals surface area contributed by atoms with Crippen molar-refractivity contribution in [2.24, 2.45) is 12.8 Å². The van der Waals surface area contributed by atoms with Crippen LogP contribution in [0.1, 0.15) is 31.2 Å². The molecule has 3 amide bonds. The Balaban J connectivity index is 2.09. The lowest BCUT2D eigenvalue weighted by Gasteiger charge is -2.11. The Kier molecular flexibility index (Phi) is 4.94. The first-order chi connectivity index (χ1) is 13.9. The van der Waals surface area contributed by atoms with E-state index in [1.165, 1.54) is 0 Å². The third kappa shape index (κ3) is 2.95. The Morgan fingerprint density at radius 3 is 2.59 bits per heavy atom. The van der Waals surface area contributed by atoms with Crippen LogP contribution in [-0.4, -0.2) is 35.4 Å². The maximum Gasteiger partial charge on any atom is 0.269 e. The van der Waals surface area contributed by atoms with E-state index in [0.717, 1.165) is 0 Å². The number of rotatable bonds is 4. The molecule has 0 bridgehead atoms. The van der Waals surface area contributed by atoms with Gasteiger partial charge in [-0.3, -0.25) is 19.7 Å². The second kappa shape index (κ2) is 7.29. The molecule has 4 N–H and O–H groups in total. The number of nitrogens with one attached hydrogen (secondary N) is 2. The van der Waals surface area contributed by atoms with Crippen molar-refractivity contribution in [1.82, 2.24) is 15.2 Å². The van der Waals surface area contributed by atoms with Gasteiger partial charge in [-0.25, -0.2) is 0 Å². The van der Waals surface area contributed by atoms with Gasteiger partial charge in [0.25, 0.3) is 17.7 Å². The van der Waals surface area contributed by atoms with E-state index < -0.39 is 11.8 Å². The molecule has 2 aromatic carbocycles. The van der Waals surface area contributed by atoms with Crippen LogP contribution in [0.5, 0.6) is 0 Å². The first-order valence-corrected chi connectivity index (χ1v) is 9.97. The predicted octanol–water partition coefficient (Wildman–Crippen LogP) is 2.83. The van der Waals surface area contributed by atoms with Gasteiger partial charge in [0.05, 0.1) is 21.1 Å². The van der Waals surface area contributed by atoms with Crippen LogP contribution in [0.15, 0.2) is 34.8 Å². The molecule has 148 valence electrons. The molecule has 0 atom stereocenters. The monoisotopic (exact) mass is 474 g/mol. The number of halogens is 2. The van der Waals surface area contributed by atoms with Crippen molar-refractivity contribution >= 4 is 56.2 Å². The summed E-state index contributed by atoms with van der Waals surface area (Å²) in [4.78, 5) is 37.9. The number of amides is 3. The molecule has 0 fully saturated rings. The number of hydrogen-bond donors (Lipinski definition) is 3. The third-order valence-electron chi connectivity index (χ3n) is 4.92. The molecule has 0 saturated heterocycles. The Bertz CT molecular complexity index is 1220. The normalized spacial score (nSPS) is 13.0. The zero-order chi connectivity index (χ0) is 20.9. The lowest BCUT2D eigenvalue weighted by Crippen LogP contribution is -2.30. The molecule has 0 aliphatic carbocycles. The lowest BCUT2D eigenvalue weighted by molar-refractivity contribution is 0.0878. The van der Waals surface area contributed by atoms with Crippen LogP contribution in [0.2, 0.25) is 5.02 Å². The standard InChI is InChI=1S/C20H16BrClN4O3/c1-26-12-8-10(9-4-2-3-5-11(9)22)13-15(19(28)25-18(13)27)14(12)16(21)17(26)20(29)24-7-6-23/h2-5,8H,6-7,23H2,1H3,(H,24,29)(H,25,27,28). The second-order valence-corrected chi connectivity index (χ2v) is 7.80. The molecule has 0 saturated carbocycles. The van der Waals surface area contributed by atoms with Gasteiger partial charge in [-0.15, -0.1) is 0 Å². The maximum atomic E-state index is 12.7. The topological polar surface area (TPSA) is 106 Å². The number of fused-ring (bicyclic) bond motifs is 3. The van der Waals surface area contributed by atoms with Crippen molar-refractivity contribution in [3.05, 3.63) is 56.6 Å². The first kappa shape index (κ1) is 19.6. The van der Waals surface area contributed by atoms with Gasteiger partial charge in [0.15, 0.2) is 0 Å². The van der Waals surface area contributed by atoms with Crippen molar-refractivity contribution in [3.8, 4) is 11.1 Å². The van der Waals surface area contributed by atoms with E-state index in [2.05, 4.69) is 26.6 Å². The van der Waals surface area contributed by atoms with Gasteiger partial charge in [-0.2, -0.15) is 0 Å². The van der Waals surface area contributed by atoms with Crippen molar-refractivity contribution in [3.63, 3.8) is 0 Å². The van der Waals surface area contributed by atoms with Gasteiger partial charge in [-0.05, 0) is 33.6 Å². The van der Waals surface area contributed by atoms with E-state index in [-0.39, 0.29) is 17.0 Å². The summed E-state index contributed by atoms with van der Waals surface area (Å²) in [5, 5.41) is 6.04. The highest BCUT2D eigenvalue weighted by Gasteiger charge is 2.36. The third-order valence-corrected chi connectivity index (χ3v) is 6.02. The second-order valence-electron chi connectivity index (χ2n) is 6.60. The molecule has 4 rings (SSSR count). The summed E-state index contributed by atoms with van der Waals surface area (Å²) in [6.45, 7) is 0.616. The molecular formula is C20H16BrClN4O3. The fourth-order valence-corrected chi connectivity index (χ4v) is 4.73. The largest absolute Gasteiger partial charge is 0.349 e. The van der Waals surface area contributed by atoms with E-state index in [9.17, 15) is 14.4 Å². The summed E-state index contributed by atoms with van der Waals surface area (Å²) in [5.74, 6) is -1.34. The maximum absolute atomic E-state index is 12.7. The van der Waals surface area contributed by atoms with E-state index in [0.29, 0.717) is 50.3 Å². The minimum Gasteiger partial charge on any atom is -0.349 e. The lowest BCUT2D eigenvalue weighted by atomic mass is 9.94. The number of imide groups is 1. The molecular weight excluding hydrogens is 460 g/mol. The fourth-order valence-electron chi connectivity index (χ4n) is 3.65. The highest BCUT2D eigenvalue weighted by atomic mass is 79.9. The van der Waals surface area contributed by atoms with Crippen LogP contribution in [-0.2, 0) is 7.05 Å². The summed E-state index contributed by atoms with van der Waals surface area (Å²) in [7, 11) is 1.72. The summed E-state index contributed by atoms with van der Waals surface area (Å²) in [6.07, 6.45) is 0. The number of hydrogen-bond acceptors (Lipinski definition) is 4. The average molecular weight is 476 g/mol. The predicted molar refractivity (Wildman–Crippen MR) is 114 cm³/mol. The van der Waals surface area contributed by atoms with E-state index in [4.69, 9.17) is 17.3 Å². The molecule has 1 aromatic heterocycles. The Morgan fingerprint density at radius 2 is 1.90 bits per heavy atom. The minimum atomic E-state index is -0.510. The average Bonchev–Trinajstić information content (AvgIpc) is 3.13. The van der Waals surface area contributed by atoms with Gasteiger partial charge < -0.3 is 15.6 Å². The first-order valence-electron chi connectivity index (χ1n) is 8.80. The van der Waals surface area contributed by atoms with Gasteiger partial charge in [0, 0.05) is 36.1 Å². The number of aromatic nitrogens is 1. The van der Waals surface area contributed by atoms with Gasteiger partial charge >= 0.3 is 0 Å². The molecule has 29 heavy (non-hydrogen) atoms. The number of aryl methyl sites for hydroxylation is 1. The number of nitrogens with zero attached hydrogens (tertiary/aromatic N) is 1. The molecule has 1 aliphatic heterocycles. The Hall–Kier alpha value is -2.68. The smallest absolute Gasteiger partial charge is 0.269 e. The molecule has 2 heterocycles. The van der Waals surface area contributed by atoms with Crippen LogP contribution >= 0.6 is 27.5 Å². The van der Waals surface area contributed by atoms with Crippen molar-refractivity contribution in [2.45, 2.75) is 0 Å². The number of carbonyl (C=O) groups is 3. The molecule has 1 aliphatic rings. The van der Waals surface area contributed by atoms with E-state index in [1.807, 2.05) is 0 Å². The Morgan fingerprint density at radius 1 is 1.21 bits per heavy atom. The zero-order valence-corrected chi connectivity index (χ0v) is 17.6. The zero-order valence-electron chi connectivity index (χ0n) is 15.3. The molecule has 0 unspecified atom stereocenters. The summed E-state index contributed by atoms with van der Waals surface area (Å²) < 4.78 is 2.12. The van der Waals surface area contributed by atoms with E-state index >= 15 is 0 Å². The van der Waals surface area contributed by atoms with Crippen molar-refractivity contribution in [1.29, 1.82) is 0 Å². The fraction of sp³-hybridized carbons (Fsp3) is 0.150. The molecule has 7 nitrogen and oxygen atoms in total. The highest BCUT2D eigenvalue weighted by Crippen LogP contribution is 2.42. The van der Waals surface area contributed by atoms with Crippen molar-refractivity contribution < 1.29 is 14.4 Å². The van der Waals surface area contributed by atoms with Crippen LogP contribution in [0, 0.1) is 0 Å². The van der Waals surface area contributed by atoms with Gasteiger partial charge in [-0.1, -0.05) is 29.8 Å². The number of carbonyl (C=O) groups excluding carboxylic acids is 3. The molecule has 3 aromatic rings. The SMILES string of the molecule is Cn1c(C(=O)NCCN)c(Br)c2c3c(c(-c4ccccc4Cl)cc21)C(=O)NC3=O. The van der Waals surface area contributed by atoms with Crippen molar-refractivity contribution in [2.75, 3.05) is 13.1 Å². The van der Waals surface area contributed by atoms with Gasteiger partial charge in [0.2, 0.25) is 0 Å². The Labute approximate surface area is 179 Å². The van der Waals surface area contributed by atoms with Crippen LogP contribution < -0.4 is 16.4 Å². The van der Waals surface area contributed by atoms with Crippen LogP contribution in [0.25, 0.3) is 22.0 Å². The number of benzene rings is 2. The highest BCUT2D eigenvalue weighted by molar-refractivity contribution is 9.10. The molecule has 0 spiro atoms. The molecule has 0 radical (unpaired) electrons. The number of nitrogens with two attached hydrogens (primary N) is 1. The summed E-state index contributed by atoms with van der Waals surface area (Å²) in [6, 6.07) is 8.87. The van der Waals surface area contributed by atoms with Gasteiger partial charge in [0.1, 0.15) is 5.69 Å². The minimum absolute atomic E-state index is 0.225. The molecule has 9 heteroatoms. The van der Waals surface area contributed by atoms with Crippen LogP contribution in [0.4, 0.5) is 0 Å². The van der Waals surface area contributed by atoms with Crippen LogP contribution in [0.3, 0.4) is 0 Å². The summed E-state index contributed by atoms with van der Waals surface area (Å²) >= 11 is 9.83. The quantitative estimate of drug-likeness (QED) is 0.505. The van der Waals surface area contributed by atoms with E-state index in [1.54, 1.807) is 41.9 Å².